The van der Waals surface area contributed by atoms with Crippen LogP contribution in [0, 0.1) is 0 Å². The number of benzene rings is 1. The number of carbonyl (C=O) groups excluding carboxylic acids is 1. The lowest BCUT2D eigenvalue weighted by molar-refractivity contribution is -0.107. The van der Waals surface area contributed by atoms with Gasteiger partial charge in [0, 0.05) is 23.4 Å². The summed E-state index contributed by atoms with van der Waals surface area (Å²) >= 11 is 0. The van der Waals surface area contributed by atoms with Crippen molar-refractivity contribution >= 4 is 17.3 Å². The monoisotopic (exact) mass is 218 g/mol. The predicted molar refractivity (Wildman–Crippen MR) is 58.8 cm³/mol. The lowest BCUT2D eigenvalue weighted by Gasteiger charge is -2.02. The summed E-state index contributed by atoms with van der Waals surface area (Å²) in [4.78, 5) is 21.8. The Balaban J connectivity index is 2.63. The number of hydrogen-bond donors (Lipinski definition) is 0. The maximum atomic E-state index is 11.5. The number of rotatable bonds is 3. The first-order valence-corrected chi connectivity index (χ1v) is 4.79. The van der Waals surface area contributed by atoms with Gasteiger partial charge in [0.05, 0.1) is 7.11 Å². The van der Waals surface area contributed by atoms with Gasteiger partial charge in [0.2, 0.25) is 0 Å². The van der Waals surface area contributed by atoms with Crippen molar-refractivity contribution in [1.82, 2.24) is 0 Å². The van der Waals surface area contributed by atoms with E-state index in [0.717, 1.165) is 5.39 Å². The Morgan fingerprint density at radius 2 is 2.19 bits per heavy atom. The Morgan fingerprint density at radius 3 is 2.88 bits per heavy atom. The summed E-state index contributed by atoms with van der Waals surface area (Å²) in [5, 5.41) is 0.775. The molecule has 0 spiro atoms. The van der Waals surface area contributed by atoms with Crippen LogP contribution in [0.3, 0.4) is 0 Å². The van der Waals surface area contributed by atoms with Crippen molar-refractivity contribution in [2.75, 3.05) is 7.11 Å². The Hall–Kier alpha value is -2.10. The normalized spacial score (nSPS) is 10.3. The molecule has 0 aliphatic rings. The summed E-state index contributed by atoms with van der Waals surface area (Å²) in [5.41, 5.74) is 0.347. The lowest BCUT2D eigenvalue weighted by Crippen LogP contribution is -2.07. The van der Waals surface area contributed by atoms with Crippen LogP contribution in [0.5, 0.6) is 5.75 Å². The molecule has 0 atom stereocenters. The Labute approximate surface area is 91.4 Å². The molecule has 16 heavy (non-hydrogen) atoms. The summed E-state index contributed by atoms with van der Waals surface area (Å²) in [6.07, 6.45) is 0.756. The Bertz CT molecular complexity index is 583. The van der Waals surface area contributed by atoms with Crippen LogP contribution in [0.15, 0.2) is 33.5 Å². The molecule has 82 valence electrons. The van der Waals surface area contributed by atoms with Crippen LogP contribution in [0.2, 0.25) is 0 Å². The van der Waals surface area contributed by atoms with Crippen LogP contribution in [0.1, 0.15) is 5.56 Å². The van der Waals surface area contributed by atoms with Gasteiger partial charge in [0.1, 0.15) is 17.6 Å². The van der Waals surface area contributed by atoms with Crippen molar-refractivity contribution in [3.8, 4) is 5.75 Å². The van der Waals surface area contributed by atoms with E-state index in [9.17, 15) is 9.59 Å². The highest BCUT2D eigenvalue weighted by molar-refractivity contribution is 5.79. The number of hydrogen-bond acceptors (Lipinski definition) is 4. The molecule has 0 radical (unpaired) electrons. The molecule has 0 N–H and O–H groups in total. The molecule has 0 aliphatic carbocycles. The highest BCUT2D eigenvalue weighted by Gasteiger charge is 2.05. The molecule has 0 aliphatic heterocycles. The van der Waals surface area contributed by atoms with E-state index >= 15 is 0 Å². The fraction of sp³-hybridized carbons (Fsp3) is 0.167. The van der Waals surface area contributed by atoms with Crippen molar-refractivity contribution < 1.29 is 13.9 Å². The van der Waals surface area contributed by atoms with Gasteiger partial charge in [-0.3, -0.25) is 0 Å². The fourth-order valence-electron chi connectivity index (χ4n) is 1.49. The van der Waals surface area contributed by atoms with Crippen LogP contribution in [0.25, 0.3) is 11.0 Å². The van der Waals surface area contributed by atoms with Gasteiger partial charge in [-0.25, -0.2) is 4.79 Å². The highest BCUT2D eigenvalue weighted by atomic mass is 16.5. The standard InChI is InChI=1S/C12H10O4/c1-15-10-3-2-8-6-9(4-5-13)12(14)16-11(8)7-10/h2-3,5-7H,4H2,1H3. The van der Waals surface area contributed by atoms with Crippen molar-refractivity contribution in [2.45, 2.75) is 6.42 Å². The average Bonchev–Trinajstić information content (AvgIpc) is 2.30. The first-order chi connectivity index (χ1) is 7.74. The molecule has 0 amide bonds. The second-order valence-electron chi connectivity index (χ2n) is 3.33. The summed E-state index contributed by atoms with van der Waals surface area (Å²) in [6.45, 7) is 0. The number of fused-ring (bicyclic) bond motifs is 1. The van der Waals surface area contributed by atoms with Gasteiger partial charge in [-0.2, -0.15) is 0 Å². The van der Waals surface area contributed by atoms with Gasteiger partial charge >= 0.3 is 5.63 Å². The number of methoxy groups -OCH3 is 1. The zero-order valence-electron chi connectivity index (χ0n) is 8.73. The number of carbonyl (C=O) groups is 1. The van der Waals surface area contributed by atoms with Crippen LogP contribution >= 0.6 is 0 Å². The summed E-state index contributed by atoms with van der Waals surface area (Å²) in [6, 6.07) is 6.86. The fourth-order valence-corrected chi connectivity index (χ4v) is 1.49. The van der Waals surface area contributed by atoms with Crippen LogP contribution in [-0.4, -0.2) is 13.4 Å². The van der Waals surface area contributed by atoms with Crippen LogP contribution in [0.4, 0.5) is 0 Å². The second-order valence-corrected chi connectivity index (χ2v) is 3.33. The molecule has 4 heteroatoms. The molecule has 4 nitrogen and oxygen atoms in total. The summed E-state index contributed by atoms with van der Waals surface area (Å²) < 4.78 is 10.1. The minimum absolute atomic E-state index is 0.0737. The van der Waals surface area contributed by atoms with E-state index in [1.54, 1.807) is 31.4 Å². The quantitative estimate of drug-likeness (QED) is 0.579. The van der Waals surface area contributed by atoms with E-state index < -0.39 is 5.63 Å². The van der Waals surface area contributed by atoms with Crippen LogP contribution < -0.4 is 10.4 Å². The summed E-state index contributed by atoms with van der Waals surface area (Å²) in [7, 11) is 1.54. The van der Waals surface area contributed by atoms with Gasteiger partial charge in [-0.05, 0) is 18.2 Å². The first kappa shape index (κ1) is 10.4. The molecule has 1 aromatic carbocycles. The maximum absolute atomic E-state index is 11.5. The van der Waals surface area contributed by atoms with Gasteiger partial charge in [-0.15, -0.1) is 0 Å². The van der Waals surface area contributed by atoms with Crippen molar-refractivity contribution in [1.29, 1.82) is 0 Å². The number of ether oxygens (including phenoxy) is 1. The molecule has 2 aromatic rings. The number of aldehydes is 1. The third-order valence-corrected chi connectivity index (χ3v) is 2.32. The van der Waals surface area contributed by atoms with Gasteiger partial charge in [0.15, 0.2) is 0 Å². The first-order valence-electron chi connectivity index (χ1n) is 4.79. The van der Waals surface area contributed by atoms with Crippen molar-refractivity contribution in [2.24, 2.45) is 0 Å². The molecule has 1 heterocycles. The molecule has 0 saturated heterocycles. The molecule has 0 saturated carbocycles. The Kier molecular flexibility index (Phi) is 2.72. The SMILES string of the molecule is COc1ccc2cc(CC=O)c(=O)oc2c1. The minimum atomic E-state index is -0.479. The Morgan fingerprint density at radius 1 is 1.38 bits per heavy atom. The molecule has 0 bridgehead atoms. The lowest BCUT2D eigenvalue weighted by atomic mass is 10.1. The topological polar surface area (TPSA) is 56.5 Å². The van der Waals surface area contributed by atoms with Crippen LogP contribution in [-0.2, 0) is 11.2 Å². The summed E-state index contributed by atoms with van der Waals surface area (Å²) in [5.74, 6) is 0.624. The van der Waals surface area contributed by atoms with E-state index in [0.29, 0.717) is 23.2 Å². The average molecular weight is 218 g/mol. The molecule has 1 aromatic heterocycles. The highest BCUT2D eigenvalue weighted by Crippen LogP contribution is 2.19. The van der Waals surface area contributed by atoms with E-state index in [-0.39, 0.29) is 6.42 Å². The van der Waals surface area contributed by atoms with E-state index in [2.05, 4.69) is 0 Å². The molecule has 2 rings (SSSR count). The molecular weight excluding hydrogens is 208 g/mol. The van der Waals surface area contributed by atoms with E-state index in [1.165, 1.54) is 0 Å². The van der Waals surface area contributed by atoms with Crippen molar-refractivity contribution in [3.63, 3.8) is 0 Å². The third-order valence-electron chi connectivity index (χ3n) is 2.32. The smallest absolute Gasteiger partial charge is 0.339 e. The molecular formula is C12H10O4. The van der Waals surface area contributed by atoms with E-state index in [1.807, 2.05) is 0 Å². The second kappa shape index (κ2) is 4.18. The maximum Gasteiger partial charge on any atom is 0.339 e. The zero-order valence-corrected chi connectivity index (χ0v) is 8.73. The third kappa shape index (κ3) is 1.82. The van der Waals surface area contributed by atoms with Gasteiger partial charge in [0.25, 0.3) is 0 Å². The van der Waals surface area contributed by atoms with E-state index in [4.69, 9.17) is 9.15 Å². The zero-order chi connectivity index (χ0) is 11.5. The van der Waals surface area contributed by atoms with Gasteiger partial charge < -0.3 is 13.9 Å². The largest absolute Gasteiger partial charge is 0.497 e. The minimum Gasteiger partial charge on any atom is -0.497 e. The van der Waals surface area contributed by atoms with Gasteiger partial charge in [-0.1, -0.05) is 0 Å². The van der Waals surface area contributed by atoms with Crippen molar-refractivity contribution in [3.05, 3.63) is 40.2 Å². The molecule has 0 unspecified atom stereocenters. The predicted octanol–water partition coefficient (Wildman–Crippen LogP) is 1.54. The molecule has 0 fully saturated rings.